The lowest BCUT2D eigenvalue weighted by Crippen LogP contribution is -2.37. The Bertz CT molecular complexity index is 635. The SMILES string of the molecule is Cn1cncc1C(=O)N1CCc2c(F)cccc2C1. The van der Waals surface area contributed by atoms with Crippen molar-refractivity contribution in [2.45, 2.75) is 13.0 Å². The Hall–Kier alpha value is -2.17. The molecule has 0 atom stereocenters. The molecule has 0 N–H and O–H groups in total. The van der Waals surface area contributed by atoms with E-state index in [2.05, 4.69) is 4.98 Å². The molecule has 5 heteroatoms. The summed E-state index contributed by atoms with van der Waals surface area (Å²) in [5.41, 5.74) is 2.18. The average molecular weight is 259 g/mol. The second-order valence-electron chi connectivity index (χ2n) is 4.74. The van der Waals surface area contributed by atoms with Gasteiger partial charge in [0.2, 0.25) is 0 Å². The van der Waals surface area contributed by atoms with Gasteiger partial charge in [-0.3, -0.25) is 4.79 Å². The number of hydrogen-bond acceptors (Lipinski definition) is 2. The summed E-state index contributed by atoms with van der Waals surface area (Å²) in [6, 6.07) is 5.03. The Morgan fingerprint density at radius 1 is 1.42 bits per heavy atom. The lowest BCUT2D eigenvalue weighted by atomic mass is 9.99. The van der Waals surface area contributed by atoms with E-state index >= 15 is 0 Å². The minimum Gasteiger partial charge on any atom is -0.333 e. The summed E-state index contributed by atoms with van der Waals surface area (Å²) >= 11 is 0. The smallest absolute Gasteiger partial charge is 0.272 e. The van der Waals surface area contributed by atoms with Crippen LogP contribution < -0.4 is 0 Å². The van der Waals surface area contributed by atoms with Crippen LogP contribution in [0.2, 0.25) is 0 Å². The lowest BCUT2D eigenvalue weighted by Gasteiger charge is -2.29. The van der Waals surface area contributed by atoms with Gasteiger partial charge in [0.05, 0.1) is 12.5 Å². The zero-order chi connectivity index (χ0) is 13.4. The zero-order valence-electron chi connectivity index (χ0n) is 10.6. The van der Waals surface area contributed by atoms with Crippen LogP contribution in [-0.4, -0.2) is 26.9 Å². The summed E-state index contributed by atoms with van der Waals surface area (Å²) in [5.74, 6) is -0.236. The number of aromatic nitrogens is 2. The second kappa shape index (κ2) is 4.50. The predicted molar refractivity (Wildman–Crippen MR) is 68.1 cm³/mol. The minimum atomic E-state index is -0.176. The molecule has 0 aliphatic carbocycles. The van der Waals surface area contributed by atoms with E-state index in [4.69, 9.17) is 0 Å². The van der Waals surface area contributed by atoms with Crippen LogP contribution in [0, 0.1) is 5.82 Å². The summed E-state index contributed by atoms with van der Waals surface area (Å²) in [7, 11) is 1.79. The van der Waals surface area contributed by atoms with Gasteiger partial charge in [-0.2, -0.15) is 0 Å². The van der Waals surface area contributed by atoms with Gasteiger partial charge >= 0.3 is 0 Å². The monoisotopic (exact) mass is 259 g/mol. The van der Waals surface area contributed by atoms with E-state index in [1.165, 1.54) is 6.07 Å². The number of imidazole rings is 1. The molecule has 0 saturated carbocycles. The van der Waals surface area contributed by atoms with Gasteiger partial charge in [-0.15, -0.1) is 0 Å². The molecule has 98 valence electrons. The van der Waals surface area contributed by atoms with Crippen molar-refractivity contribution >= 4 is 5.91 Å². The van der Waals surface area contributed by atoms with Gasteiger partial charge in [-0.1, -0.05) is 12.1 Å². The van der Waals surface area contributed by atoms with Gasteiger partial charge in [0, 0.05) is 20.1 Å². The Labute approximate surface area is 110 Å². The van der Waals surface area contributed by atoms with Gasteiger partial charge in [-0.05, 0) is 23.6 Å². The van der Waals surface area contributed by atoms with Crippen molar-refractivity contribution in [3.05, 3.63) is 53.4 Å². The molecule has 0 radical (unpaired) electrons. The van der Waals surface area contributed by atoms with E-state index in [9.17, 15) is 9.18 Å². The third-order valence-electron chi connectivity index (χ3n) is 3.53. The molecule has 1 amide bonds. The number of halogens is 1. The number of fused-ring (bicyclic) bond motifs is 1. The predicted octanol–water partition coefficient (Wildman–Crippen LogP) is 1.76. The molecule has 2 aromatic rings. The zero-order valence-corrected chi connectivity index (χ0v) is 10.6. The fraction of sp³-hybridized carbons (Fsp3) is 0.286. The Morgan fingerprint density at radius 3 is 3.00 bits per heavy atom. The van der Waals surface area contributed by atoms with E-state index in [0.717, 1.165) is 11.1 Å². The molecule has 3 rings (SSSR count). The van der Waals surface area contributed by atoms with Crippen molar-refractivity contribution in [2.75, 3.05) is 6.54 Å². The fourth-order valence-corrected chi connectivity index (χ4v) is 2.46. The molecular weight excluding hydrogens is 245 g/mol. The molecule has 4 nitrogen and oxygen atoms in total. The number of carbonyl (C=O) groups is 1. The van der Waals surface area contributed by atoms with E-state index in [-0.39, 0.29) is 11.7 Å². The highest BCUT2D eigenvalue weighted by atomic mass is 19.1. The van der Waals surface area contributed by atoms with Crippen molar-refractivity contribution in [1.82, 2.24) is 14.5 Å². The van der Waals surface area contributed by atoms with Crippen LogP contribution in [0.25, 0.3) is 0 Å². The van der Waals surface area contributed by atoms with E-state index in [1.54, 1.807) is 35.1 Å². The van der Waals surface area contributed by atoms with Gasteiger partial charge in [0.1, 0.15) is 11.5 Å². The van der Waals surface area contributed by atoms with Gasteiger partial charge in [0.25, 0.3) is 5.91 Å². The van der Waals surface area contributed by atoms with Gasteiger partial charge < -0.3 is 9.47 Å². The molecule has 0 fully saturated rings. The van der Waals surface area contributed by atoms with Crippen molar-refractivity contribution in [1.29, 1.82) is 0 Å². The average Bonchev–Trinajstić information content (AvgIpc) is 2.84. The Balaban J connectivity index is 1.87. The molecule has 0 bridgehead atoms. The van der Waals surface area contributed by atoms with Gasteiger partial charge in [-0.25, -0.2) is 9.37 Å². The number of benzene rings is 1. The van der Waals surface area contributed by atoms with Crippen molar-refractivity contribution in [2.24, 2.45) is 7.05 Å². The summed E-state index contributed by atoms with van der Waals surface area (Å²) in [6.07, 6.45) is 3.72. The number of amides is 1. The molecule has 0 saturated heterocycles. The van der Waals surface area contributed by atoms with E-state index in [1.807, 2.05) is 6.07 Å². The first kappa shape index (κ1) is 11.9. The normalized spacial score (nSPS) is 14.3. The molecular formula is C14H14FN3O. The molecule has 1 aromatic carbocycles. The van der Waals surface area contributed by atoms with Crippen LogP contribution in [0.4, 0.5) is 4.39 Å². The molecule has 19 heavy (non-hydrogen) atoms. The molecule has 0 unspecified atom stereocenters. The quantitative estimate of drug-likeness (QED) is 0.782. The molecule has 2 heterocycles. The van der Waals surface area contributed by atoms with E-state index < -0.39 is 0 Å². The second-order valence-corrected chi connectivity index (χ2v) is 4.74. The number of hydrogen-bond donors (Lipinski definition) is 0. The standard InChI is InChI=1S/C14H14FN3O/c1-17-9-16-7-13(17)14(19)18-6-5-11-10(8-18)3-2-4-12(11)15/h2-4,7,9H,5-6,8H2,1H3. The van der Waals surface area contributed by atoms with Crippen molar-refractivity contribution < 1.29 is 9.18 Å². The maximum absolute atomic E-state index is 13.6. The third kappa shape index (κ3) is 2.01. The number of aryl methyl sites for hydroxylation is 1. The first-order valence-corrected chi connectivity index (χ1v) is 6.18. The van der Waals surface area contributed by atoms with Crippen LogP contribution in [0.1, 0.15) is 21.6 Å². The van der Waals surface area contributed by atoms with Gasteiger partial charge in [0.15, 0.2) is 0 Å². The molecule has 0 spiro atoms. The Morgan fingerprint density at radius 2 is 2.26 bits per heavy atom. The molecule has 1 aliphatic rings. The summed E-state index contributed by atoms with van der Waals surface area (Å²) in [4.78, 5) is 18.0. The summed E-state index contributed by atoms with van der Waals surface area (Å²) in [6.45, 7) is 0.995. The summed E-state index contributed by atoms with van der Waals surface area (Å²) in [5, 5.41) is 0. The van der Waals surface area contributed by atoms with Crippen molar-refractivity contribution in [3.63, 3.8) is 0 Å². The maximum atomic E-state index is 13.6. The highest BCUT2D eigenvalue weighted by Gasteiger charge is 2.24. The number of rotatable bonds is 1. The summed E-state index contributed by atoms with van der Waals surface area (Å²) < 4.78 is 15.3. The molecule has 1 aromatic heterocycles. The number of nitrogens with zero attached hydrogens (tertiary/aromatic N) is 3. The highest BCUT2D eigenvalue weighted by Crippen LogP contribution is 2.22. The first-order chi connectivity index (χ1) is 9.16. The van der Waals surface area contributed by atoms with E-state index in [0.29, 0.717) is 25.2 Å². The van der Waals surface area contributed by atoms with Crippen LogP contribution in [0.5, 0.6) is 0 Å². The Kier molecular flexibility index (Phi) is 2.81. The maximum Gasteiger partial charge on any atom is 0.272 e. The largest absolute Gasteiger partial charge is 0.333 e. The van der Waals surface area contributed by atoms with Crippen LogP contribution >= 0.6 is 0 Å². The van der Waals surface area contributed by atoms with Crippen LogP contribution in [-0.2, 0) is 20.0 Å². The molecule has 1 aliphatic heterocycles. The highest BCUT2D eigenvalue weighted by molar-refractivity contribution is 5.92. The topological polar surface area (TPSA) is 38.1 Å². The first-order valence-electron chi connectivity index (χ1n) is 6.18. The third-order valence-corrected chi connectivity index (χ3v) is 3.53. The minimum absolute atomic E-state index is 0.0603. The van der Waals surface area contributed by atoms with Crippen LogP contribution in [0.15, 0.2) is 30.7 Å². The number of carbonyl (C=O) groups excluding carboxylic acids is 1. The van der Waals surface area contributed by atoms with Crippen LogP contribution in [0.3, 0.4) is 0 Å². The fourth-order valence-electron chi connectivity index (χ4n) is 2.46. The van der Waals surface area contributed by atoms with Crippen molar-refractivity contribution in [3.8, 4) is 0 Å². The lowest BCUT2D eigenvalue weighted by molar-refractivity contribution is 0.0723.